The summed E-state index contributed by atoms with van der Waals surface area (Å²) in [5, 5.41) is 0. The van der Waals surface area contributed by atoms with Crippen LogP contribution in [0.2, 0.25) is 25.7 Å². The molecular formula is C6H17ClOSi2. The van der Waals surface area contributed by atoms with Gasteiger partial charge in [-0.2, -0.15) is 0 Å². The van der Waals surface area contributed by atoms with Gasteiger partial charge in [0.15, 0.2) is 9.04 Å². The molecule has 0 aliphatic rings. The molecule has 0 amide bonds. The van der Waals surface area contributed by atoms with E-state index in [2.05, 4.69) is 26.6 Å². The highest BCUT2D eigenvalue weighted by Crippen LogP contribution is 2.19. The molecule has 1 nitrogen and oxygen atoms in total. The smallest absolute Gasteiger partial charge is 0.276 e. The molecular weight excluding hydrogens is 180 g/mol. The molecule has 0 bridgehead atoms. The molecule has 0 aromatic heterocycles. The summed E-state index contributed by atoms with van der Waals surface area (Å²) in [6, 6.07) is 1.08. The minimum Gasteiger partial charge on any atom is -0.447 e. The zero-order valence-corrected chi connectivity index (χ0v) is 10.2. The van der Waals surface area contributed by atoms with Gasteiger partial charge in [0, 0.05) is 0 Å². The second kappa shape index (κ2) is 4.54. The summed E-state index contributed by atoms with van der Waals surface area (Å²) in [5.41, 5.74) is 0. The van der Waals surface area contributed by atoms with Crippen LogP contribution in [-0.4, -0.2) is 16.7 Å². The lowest BCUT2D eigenvalue weighted by Crippen LogP contribution is -2.32. The van der Waals surface area contributed by atoms with E-state index in [4.69, 9.17) is 15.2 Å². The Morgan fingerprint density at radius 2 is 2.00 bits per heavy atom. The lowest BCUT2D eigenvalue weighted by molar-refractivity contribution is 0.585. The summed E-state index contributed by atoms with van der Waals surface area (Å²) in [4.78, 5) is 0. The molecule has 0 heterocycles. The monoisotopic (exact) mass is 196 g/mol. The van der Waals surface area contributed by atoms with E-state index in [9.17, 15) is 0 Å². The highest BCUT2D eigenvalue weighted by Gasteiger charge is 2.25. The molecule has 0 fully saturated rings. The maximum atomic E-state index is 6.18. The average Bonchev–Trinajstić information content (AvgIpc) is 1.59. The van der Waals surface area contributed by atoms with Crippen molar-refractivity contribution in [2.45, 2.75) is 39.0 Å². The maximum absolute atomic E-state index is 6.18. The van der Waals surface area contributed by atoms with Crippen LogP contribution in [0.25, 0.3) is 0 Å². The lowest BCUT2D eigenvalue weighted by atomic mass is 10.6. The Labute approximate surface area is 71.3 Å². The molecule has 0 aromatic rings. The number of hydrogen-bond donors (Lipinski definition) is 0. The molecule has 0 aliphatic carbocycles. The van der Waals surface area contributed by atoms with Crippen LogP contribution in [-0.2, 0) is 4.12 Å². The van der Waals surface area contributed by atoms with Gasteiger partial charge in [-0.1, -0.05) is 13.3 Å². The number of halogens is 1. The van der Waals surface area contributed by atoms with Gasteiger partial charge in [0.1, 0.15) is 0 Å². The highest BCUT2D eigenvalue weighted by atomic mass is 35.6. The Kier molecular flexibility index (Phi) is 4.85. The van der Waals surface area contributed by atoms with E-state index < -0.39 is 16.7 Å². The molecule has 4 heteroatoms. The van der Waals surface area contributed by atoms with Crippen LogP contribution in [0, 0.1) is 0 Å². The van der Waals surface area contributed by atoms with Crippen LogP contribution >= 0.6 is 11.1 Å². The zero-order chi connectivity index (χ0) is 8.20. The predicted molar refractivity (Wildman–Crippen MR) is 52.5 cm³/mol. The van der Waals surface area contributed by atoms with Crippen LogP contribution in [0.3, 0.4) is 0 Å². The number of rotatable bonds is 4. The largest absolute Gasteiger partial charge is 0.447 e. The molecule has 0 saturated heterocycles. The Hall–Kier alpha value is 0.684. The first-order valence-corrected chi connectivity index (χ1v) is 10.3. The normalized spacial score (nSPS) is 17.4. The van der Waals surface area contributed by atoms with Crippen molar-refractivity contribution in [3.63, 3.8) is 0 Å². The summed E-state index contributed by atoms with van der Waals surface area (Å²) in [7, 11) is -2.63. The first-order valence-electron chi connectivity index (χ1n) is 3.84. The fourth-order valence-electron chi connectivity index (χ4n) is 0.997. The molecule has 0 aromatic carbocycles. The van der Waals surface area contributed by atoms with Gasteiger partial charge in [0.2, 0.25) is 0 Å². The van der Waals surface area contributed by atoms with E-state index in [1.807, 2.05) is 0 Å². The zero-order valence-electron chi connectivity index (χ0n) is 7.28. The van der Waals surface area contributed by atoms with Crippen molar-refractivity contribution in [1.29, 1.82) is 0 Å². The SMILES string of the molecule is CCC[Si](C)(Cl)O[SiH](C)C. The summed E-state index contributed by atoms with van der Waals surface area (Å²) >= 11 is 6.18. The molecule has 0 radical (unpaired) electrons. The second-order valence-corrected chi connectivity index (χ2v) is 11.2. The van der Waals surface area contributed by atoms with Gasteiger partial charge in [0.25, 0.3) is 7.63 Å². The fourth-order valence-corrected chi connectivity index (χ4v) is 8.46. The van der Waals surface area contributed by atoms with E-state index in [-0.39, 0.29) is 0 Å². The van der Waals surface area contributed by atoms with Crippen molar-refractivity contribution in [2.24, 2.45) is 0 Å². The molecule has 0 saturated carbocycles. The summed E-state index contributed by atoms with van der Waals surface area (Å²) in [6.07, 6.45) is 1.15. The van der Waals surface area contributed by atoms with Crippen LogP contribution in [0.1, 0.15) is 13.3 Å². The third-order valence-electron chi connectivity index (χ3n) is 1.18. The minimum absolute atomic E-state index is 0.897. The average molecular weight is 197 g/mol. The van der Waals surface area contributed by atoms with Crippen LogP contribution in [0.15, 0.2) is 0 Å². The third kappa shape index (κ3) is 5.47. The summed E-state index contributed by atoms with van der Waals surface area (Å²) < 4.78 is 5.72. The lowest BCUT2D eigenvalue weighted by Gasteiger charge is -2.21. The first kappa shape index (κ1) is 10.7. The number of hydrogen-bond acceptors (Lipinski definition) is 1. The summed E-state index contributed by atoms with van der Waals surface area (Å²) in [6.45, 7) is 8.58. The van der Waals surface area contributed by atoms with Crippen molar-refractivity contribution in [2.75, 3.05) is 0 Å². The van der Waals surface area contributed by atoms with Gasteiger partial charge in [-0.15, -0.1) is 11.1 Å². The van der Waals surface area contributed by atoms with Crippen LogP contribution in [0.4, 0.5) is 0 Å². The Morgan fingerprint density at radius 1 is 1.50 bits per heavy atom. The van der Waals surface area contributed by atoms with Crippen molar-refractivity contribution < 1.29 is 4.12 Å². The topological polar surface area (TPSA) is 9.23 Å². The molecule has 0 rings (SSSR count). The molecule has 10 heavy (non-hydrogen) atoms. The third-order valence-corrected chi connectivity index (χ3v) is 7.79. The van der Waals surface area contributed by atoms with Crippen LogP contribution in [0.5, 0.6) is 0 Å². The summed E-state index contributed by atoms with van der Waals surface area (Å²) in [5.74, 6) is 0. The molecule has 62 valence electrons. The minimum atomic E-state index is -1.73. The molecule has 1 atom stereocenters. The van der Waals surface area contributed by atoms with Gasteiger partial charge in [-0.3, -0.25) is 0 Å². The fraction of sp³-hybridized carbons (Fsp3) is 1.00. The van der Waals surface area contributed by atoms with Gasteiger partial charge in [-0.05, 0) is 25.7 Å². The van der Waals surface area contributed by atoms with Gasteiger partial charge < -0.3 is 4.12 Å². The molecule has 0 aliphatic heterocycles. The quantitative estimate of drug-likeness (QED) is 0.497. The molecule has 0 spiro atoms. The van der Waals surface area contributed by atoms with Crippen molar-refractivity contribution >= 4 is 27.7 Å². The van der Waals surface area contributed by atoms with Crippen molar-refractivity contribution in [3.8, 4) is 0 Å². The van der Waals surface area contributed by atoms with E-state index in [1.54, 1.807) is 0 Å². The molecule has 1 unspecified atom stereocenters. The second-order valence-electron chi connectivity index (χ2n) is 3.02. The van der Waals surface area contributed by atoms with Crippen LogP contribution < -0.4 is 0 Å². The maximum Gasteiger partial charge on any atom is 0.276 e. The highest BCUT2D eigenvalue weighted by molar-refractivity contribution is 7.17. The van der Waals surface area contributed by atoms with Gasteiger partial charge in [-0.25, -0.2) is 0 Å². The van der Waals surface area contributed by atoms with Gasteiger partial charge >= 0.3 is 0 Å². The Morgan fingerprint density at radius 3 is 2.30 bits per heavy atom. The van der Waals surface area contributed by atoms with Gasteiger partial charge in [0.05, 0.1) is 0 Å². The van der Waals surface area contributed by atoms with Crippen molar-refractivity contribution in [3.05, 3.63) is 0 Å². The standard InChI is InChI=1S/C6H17ClOSi2/c1-5-6-10(4,7)8-9(2)3/h9H,5-6H2,1-4H3. The van der Waals surface area contributed by atoms with E-state index in [0.29, 0.717) is 0 Å². The first-order chi connectivity index (χ1) is 4.48. The van der Waals surface area contributed by atoms with Crippen molar-refractivity contribution in [1.82, 2.24) is 0 Å². The van der Waals surface area contributed by atoms with E-state index in [1.165, 1.54) is 0 Å². The molecule has 0 N–H and O–H groups in total. The Bertz CT molecular complexity index is 95.7. The van der Waals surface area contributed by atoms with E-state index >= 15 is 0 Å². The van der Waals surface area contributed by atoms with E-state index in [0.717, 1.165) is 12.5 Å². The predicted octanol–water partition coefficient (Wildman–Crippen LogP) is 2.71. The Balaban J connectivity index is 3.63.